The van der Waals surface area contributed by atoms with Gasteiger partial charge in [-0.05, 0) is 18.8 Å². The summed E-state index contributed by atoms with van der Waals surface area (Å²) in [6.07, 6.45) is 6.74. The highest BCUT2D eigenvalue weighted by atomic mass is 16.5. The molecule has 2 unspecified atom stereocenters. The Balaban J connectivity index is 1.89. The van der Waals surface area contributed by atoms with Gasteiger partial charge in [0, 0.05) is 13.2 Å². The molecule has 0 N–H and O–H groups in total. The van der Waals surface area contributed by atoms with Crippen LogP contribution >= 0.6 is 0 Å². The molecule has 0 saturated carbocycles. The maximum absolute atomic E-state index is 5.59. The number of rotatable bonds is 8. The van der Waals surface area contributed by atoms with Crippen LogP contribution in [0.2, 0.25) is 0 Å². The highest BCUT2D eigenvalue weighted by molar-refractivity contribution is 4.65. The summed E-state index contributed by atoms with van der Waals surface area (Å²) in [6.45, 7) is 7.18. The predicted molar refractivity (Wildman–Crippen MR) is 58.5 cm³/mol. The van der Waals surface area contributed by atoms with Crippen LogP contribution in [0.1, 0.15) is 46.0 Å². The van der Waals surface area contributed by atoms with Crippen molar-refractivity contribution in [3.8, 4) is 0 Å². The lowest BCUT2D eigenvalue weighted by molar-refractivity contribution is -0.0948. The summed E-state index contributed by atoms with van der Waals surface area (Å²) in [7, 11) is 0. The van der Waals surface area contributed by atoms with Gasteiger partial charge < -0.3 is 9.47 Å². The molecule has 0 aliphatic carbocycles. The fourth-order valence-corrected chi connectivity index (χ4v) is 1.84. The molecule has 2 heteroatoms. The molecule has 2 atom stereocenters. The molecule has 1 rings (SSSR count). The molecule has 1 heterocycles. The van der Waals surface area contributed by atoms with Crippen molar-refractivity contribution < 1.29 is 9.47 Å². The molecule has 0 aromatic rings. The lowest BCUT2D eigenvalue weighted by Crippen LogP contribution is -2.31. The van der Waals surface area contributed by atoms with Gasteiger partial charge in [-0.1, -0.05) is 33.1 Å². The second kappa shape index (κ2) is 7.24. The Hall–Kier alpha value is -0.0800. The SMILES string of the molecule is CCCC(CC)CCOCC1CCO1. The largest absolute Gasteiger partial charge is 0.379 e. The van der Waals surface area contributed by atoms with Crippen molar-refractivity contribution in [3.05, 3.63) is 0 Å². The Labute approximate surface area is 88.0 Å². The van der Waals surface area contributed by atoms with E-state index in [1.165, 1.54) is 32.1 Å². The third kappa shape index (κ3) is 4.43. The normalized spacial score (nSPS) is 23.1. The van der Waals surface area contributed by atoms with Crippen LogP contribution in [0.25, 0.3) is 0 Å². The summed E-state index contributed by atoms with van der Waals surface area (Å²) in [5.74, 6) is 0.863. The minimum absolute atomic E-state index is 0.404. The van der Waals surface area contributed by atoms with Gasteiger partial charge in [0.2, 0.25) is 0 Å². The fraction of sp³-hybridized carbons (Fsp3) is 1.00. The molecule has 1 aliphatic rings. The monoisotopic (exact) mass is 200 g/mol. The van der Waals surface area contributed by atoms with Gasteiger partial charge in [0.25, 0.3) is 0 Å². The molecule has 0 spiro atoms. The van der Waals surface area contributed by atoms with E-state index in [-0.39, 0.29) is 0 Å². The second-order valence-corrected chi connectivity index (χ2v) is 4.21. The van der Waals surface area contributed by atoms with E-state index in [1.54, 1.807) is 0 Å². The average Bonchev–Trinajstić information content (AvgIpc) is 2.13. The molecule has 0 aromatic carbocycles. The van der Waals surface area contributed by atoms with Crippen LogP contribution in [-0.4, -0.2) is 25.9 Å². The molecule has 14 heavy (non-hydrogen) atoms. The van der Waals surface area contributed by atoms with Crippen LogP contribution in [0.15, 0.2) is 0 Å². The summed E-state index contributed by atoms with van der Waals surface area (Å²) in [5.41, 5.74) is 0. The Morgan fingerprint density at radius 2 is 2.14 bits per heavy atom. The molecule has 1 aliphatic heterocycles. The molecular weight excluding hydrogens is 176 g/mol. The summed E-state index contributed by atoms with van der Waals surface area (Å²) in [5, 5.41) is 0. The van der Waals surface area contributed by atoms with Gasteiger partial charge in [0.15, 0.2) is 0 Å². The lowest BCUT2D eigenvalue weighted by Gasteiger charge is -2.26. The first kappa shape index (κ1) is 12.0. The zero-order valence-corrected chi connectivity index (χ0v) is 9.63. The van der Waals surface area contributed by atoms with E-state index in [0.717, 1.165) is 25.7 Å². The molecule has 1 fully saturated rings. The third-order valence-electron chi connectivity index (χ3n) is 3.04. The van der Waals surface area contributed by atoms with E-state index >= 15 is 0 Å². The van der Waals surface area contributed by atoms with Crippen LogP contribution < -0.4 is 0 Å². The summed E-state index contributed by atoms with van der Waals surface area (Å²) in [6, 6.07) is 0. The first-order valence-electron chi connectivity index (χ1n) is 6.06. The first-order chi connectivity index (χ1) is 6.86. The van der Waals surface area contributed by atoms with Gasteiger partial charge in [0.1, 0.15) is 0 Å². The first-order valence-corrected chi connectivity index (χ1v) is 6.06. The van der Waals surface area contributed by atoms with Crippen LogP contribution in [0.4, 0.5) is 0 Å². The topological polar surface area (TPSA) is 18.5 Å². The zero-order valence-electron chi connectivity index (χ0n) is 9.63. The van der Waals surface area contributed by atoms with Crippen molar-refractivity contribution in [1.29, 1.82) is 0 Å². The van der Waals surface area contributed by atoms with E-state index in [9.17, 15) is 0 Å². The second-order valence-electron chi connectivity index (χ2n) is 4.21. The maximum Gasteiger partial charge on any atom is 0.0830 e. The molecule has 0 bridgehead atoms. The fourth-order valence-electron chi connectivity index (χ4n) is 1.84. The molecule has 1 saturated heterocycles. The van der Waals surface area contributed by atoms with Gasteiger partial charge in [-0.3, -0.25) is 0 Å². The third-order valence-corrected chi connectivity index (χ3v) is 3.04. The van der Waals surface area contributed by atoms with Crippen molar-refractivity contribution in [2.75, 3.05) is 19.8 Å². The summed E-state index contributed by atoms with van der Waals surface area (Å²) >= 11 is 0. The number of ether oxygens (including phenoxy) is 2. The van der Waals surface area contributed by atoms with Crippen LogP contribution in [0, 0.1) is 5.92 Å². The Kier molecular flexibility index (Phi) is 6.20. The van der Waals surface area contributed by atoms with Crippen molar-refractivity contribution in [1.82, 2.24) is 0 Å². The van der Waals surface area contributed by atoms with Crippen molar-refractivity contribution in [2.45, 2.75) is 52.1 Å². The Bertz CT molecular complexity index is 132. The smallest absolute Gasteiger partial charge is 0.0830 e. The summed E-state index contributed by atoms with van der Waals surface area (Å²) in [4.78, 5) is 0. The van der Waals surface area contributed by atoms with Gasteiger partial charge in [0.05, 0.1) is 12.7 Å². The van der Waals surface area contributed by atoms with Crippen LogP contribution in [0.3, 0.4) is 0 Å². The molecule has 84 valence electrons. The highest BCUT2D eigenvalue weighted by Crippen LogP contribution is 2.16. The maximum atomic E-state index is 5.59. The van der Waals surface area contributed by atoms with Gasteiger partial charge in [-0.15, -0.1) is 0 Å². The van der Waals surface area contributed by atoms with E-state index in [1.807, 2.05) is 0 Å². The Morgan fingerprint density at radius 3 is 2.64 bits per heavy atom. The predicted octanol–water partition coefficient (Wildman–Crippen LogP) is 3.01. The standard InChI is InChI=1S/C12H24O2/c1-3-5-11(4-2)6-8-13-10-12-7-9-14-12/h11-12H,3-10H2,1-2H3. The van der Waals surface area contributed by atoms with Crippen molar-refractivity contribution >= 4 is 0 Å². The average molecular weight is 200 g/mol. The van der Waals surface area contributed by atoms with E-state index < -0.39 is 0 Å². The zero-order chi connectivity index (χ0) is 10.2. The van der Waals surface area contributed by atoms with E-state index in [0.29, 0.717) is 6.10 Å². The van der Waals surface area contributed by atoms with Gasteiger partial charge in [-0.2, -0.15) is 0 Å². The van der Waals surface area contributed by atoms with Crippen molar-refractivity contribution in [3.63, 3.8) is 0 Å². The van der Waals surface area contributed by atoms with Gasteiger partial charge >= 0.3 is 0 Å². The number of hydrogen-bond donors (Lipinski definition) is 0. The van der Waals surface area contributed by atoms with E-state index in [4.69, 9.17) is 9.47 Å². The quantitative estimate of drug-likeness (QED) is 0.561. The molecule has 0 amide bonds. The minimum atomic E-state index is 0.404. The molecular formula is C12H24O2. The Morgan fingerprint density at radius 1 is 1.36 bits per heavy atom. The van der Waals surface area contributed by atoms with Crippen molar-refractivity contribution in [2.24, 2.45) is 5.92 Å². The summed E-state index contributed by atoms with van der Waals surface area (Å²) < 4.78 is 10.9. The highest BCUT2D eigenvalue weighted by Gasteiger charge is 2.17. The minimum Gasteiger partial charge on any atom is -0.379 e. The molecule has 2 nitrogen and oxygen atoms in total. The van der Waals surface area contributed by atoms with Crippen LogP contribution in [0.5, 0.6) is 0 Å². The number of hydrogen-bond acceptors (Lipinski definition) is 2. The van der Waals surface area contributed by atoms with Gasteiger partial charge in [-0.25, -0.2) is 0 Å². The lowest BCUT2D eigenvalue weighted by atomic mass is 9.98. The molecule has 0 aromatic heterocycles. The van der Waals surface area contributed by atoms with E-state index in [2.05, 4.69) is 13.8 Å². The van der Waals surface area contributed by atoms with Crippen LogP contribution in [-0.2, 0) is 9.47 Å². The molecule has 0 radical (unpaired) electrons.